The SMILES string of the molecule is CC(CCNCC1CCC(O)CC1)c1ccccc1. The van der Waals surface area contributed by atoms with E-state index in [-0.39, 0.29) is 6.10 Å². The van der Waals surface area contributed by atoms with Crippen molar-refractivity contribution in [3.8, 4) is 0 Å². The van der Waals surface area contributed by atoms with Crippen molar-refractivity contribution < 1.29 is 5.11 Å². The van der Waals surface area contributed by atoms with E-state index in [0.29, 0.717) is 5.92 Å². The van der Waals surface area contributed by atoms with E-state index in [1.165, 1.54) is 24.8 Å². The van der Waals surface area contributed by atoms with Crippen LogP contribution in [-0.4, -0.2) is 24.3 Å². The minimum absolute atomic E-state index is 0.0330. The van der Waals surface area contributed by atoms with Crippen LogP contribution in [0.15, 0.2) is 30.3 Å². The number of aliphatic hydroxyl groups is 1. The molecule has 1 aromatic rings. The number of hydrogen-bond acceptors (Lipinski definition) is 2. The van der Waals surface area contributed by atoms with Crippen molar-refractivity contribution >= 4 is 0 Å². The number of benzene rings is 1. The monoisotopic (exact) mass is 261 g/mol. The Hall–Kier alpha value is -0.860. The minimum atomic E-state index is -0.0330. The van der Waals surface area contributed by atoms with E-state index in [1.54, 1.807) is 0 Å². The Morgan fingerprint density at radius 1 is 1.16 bits per heavy atom. The number of nitrogens with one attached hydrogen (secondary N) is 1. The van der Waals surface area contributed by atoms with Crippen LogP contribution in [0.2, 0.25) is 0 Å². The summed E-state index contributed by atoms with van der Waals surface area (Å²) in [4.78, 5) is 0. The summed E-state index contributed by atoms with van der Waals surface area (Å²) in [7, 11) is 0. The summed E-state index contributed by atoms with van der Waals surface area (Å²) in [6, 6.07) is 10.7. The first-order valence-corrected chi connectivity index (χ1v) is 7.69. The van der Waals surface area contributed by atoms with Crippen LogP contribution in [0.1, 0.15) is 50.5 Å². The highest BCUT2D eigenvalue weighted by atomic mass is 16.3. The molecule has 1 aliphatic rings. The highest BCUT2D eigenvalue weighted by Gasteiger charge is 2.18. The van der Waals surface area contributed by atoms with E-state index in [0.717, 1.165) is 31.8 Å². The molecule has 1 atom stereocenters. The highest BCUT2D eigenvalue weighted by molar-refractivity contribution is 5.18. The van der Waals surface area contributed by atoms with Crippen molar-refractivity contribution in [3.63, 3.8) is 0 Å². The molecule has 0 radical (unpaired) electrons. The van der Waals surface area contributed by atoms with Crippen LogP contribution in [0.25, 0.3) is 0 Å². The van der Waals surface area contributed by atoms with Crippen molar-refractivity contribution in [2.75, 3.05) is 13.1 Å². The molecular formula is C17H27NO. The maximum absolute atomic E-state index is 9.48. The third-order valence-corrected chi connectivity index (χ3v) is 4.37. The maximum atomic E-state index is 9.48. The fraction of sp³-hybridized carbons (Fsp3) is 0.647. The lowest BCUT2D eigenvalue weighted by molar-refractivity contribution is 0.108. The summed E-state index contributed by atoms with van der Waals surface area (Å²) >= 11 is 0. The number of aliphatic hydroxyl groups excluding tert-OH is 1. The molecule has 1 fully saturated rings. The molecule has 2 rings (SSSR count). The molecule has 2 heteroatoms. The van der Waals surface area contributed by atoms with Gasteiger partial charge in [-0.25, -0.2) is 0 Å². The van der Waals surface area contributed by atoms with Crippen molar-refractivity contribution in [1.29, 1.82) is 0 Å². The zero-order valence-electron chi connectivity index (χ0n) is 12.0. The van der Waals surface area contributed by atoms with Gasteiger partial charge in [-0.3, -0.25) is 0 Å². The molecular weight excluding hydrogens is 234 g/mol. The second-order valence-corrected chi connectivity index (χ2v) is 5.98. The number of hydrogen-bond donors (Lipinski definition) is 2. The van der Waals surface area contributed by atoms with Gasteiger partial charge in [0.15, 0.2) is 0 Å². The van der Waals surface area contributed by atoms with E-state index in [1.807, 2.05) is 0 Å². The average Bonchev–Trinajstić information content (AvgIpc) is 2.46. The second kappa shape index (κ2) is 7.66. The van der Waals surface area contributed by atoms with E-state index in [4.69, 9.17) is 0 Å². The first-order valence-electron chi connectivity index (χ1n) is 7.69. The summed E-state index contributed by atoms with van der Waals surface area (Å²) in [6.45, 7) is 4.51. The normalized spacial score (nSPS) is 25.2. The van der Waals surface area contributed by atoms with Gasteiger partial charge in [-0.15, -0.1) is 0 Å². The molecule has 1 unspecified atom stereocenters. The Morgan fingerprint density at radius 3 is 2.53 bits per heavy atom. The molecule has 106 valence electrons. The molecule has 0 spiro atoms. The fourth-order valence-corrected chi connectivity index (χ4v) is 2.92. The highest BCUT2D eigenvalue weighted by Crippen LogP contribution is 2.23. The molecule has 0 amide bonds. The van der Waals surface area contributed by atoms with Gasteiger partial charge < -0.3 is 10.4 Å². The predicted octanol–water partition coefficient (Wildman–Crippen LogP) is 3.32. The largest absolute Gasteiger partial charge is 0.393 e. The fourth-order valence-electron chi connectivity index (χ4n) is 2.92. The Balaban J connectivity index is 1.59. The van der Waals surface area contributed by atoms with Gasteiger partial charge in [-0.05, 0) is 62.6 Å². The zero-order chi connectivity index (χ0) is 13.5. The molecule has 0 bridgehead atoms. The van der Waals surface area contributed by atoms with Gasteiger partial charge in [0.2, 0.25) is 0 Å². The first kappa shape index (κ1) is 14.5. The number of rotatable bonds is 6. The standard InChI is InChI=1S/C17H27NO/c1-14(16-5-3-2-4-6-16)11-12-18-13-15-7-9-17(19)10-8-15/h2-6,14-15,17-19H,7-13H2,1H3. The summed E-state index contributed by atoms with van der Waals surface area (Å²) in [5, 5.41) is 13.1. The Bertz CT molecular complexity index is 344. The van der Waals surface area contributed by atoms with E-state index in [2.05, 4.69) is 42.6 Å². The predicted molar refractivity (Wildman–Crippen MR) is 80.3 cm³/mol. The van der Waals surface area contributed by atoms with Crippen LogP contribution in [-0.2, 0) is 0 Å². The molecule has 1 aliphatic carbocycles. The van der Waals surface area contributed by atoms with E-state index >= 15 is 0 Å². The van der Waals surface area contributed by atoms with Gasteiger partial charge in [-0.2, -0.15) is 0 Å². The lowest BCUT2D eigenvalue weighted by Crippen LogP contribution is -2.29. The molecule has 0 heterocycles. The minimum Gasteiger partial charge on any atom is -0.393 e. The summed E-state index contributed by atoms with van der Waals surface area (Å²) in [5.41, 5.74) is 1.44. The van der Waals surface area contributed by atoms with Crippen molar-refractivity contribution in [2.45, 2.75) is 51.0 Å². The van der Waals surface area contributed by atoms with Crippen LogP contribution >= 0.6 is 0 Å². The third kappa shape index (κ3) is 4.96. The lowest BCUT2D eigenvalue weighted by Gasteiger charge is -2.25. The quantitative estimate of drug-likeness (QED) is 0.770. The first-order chi connectivity index (χ1) is 9.25. The molecule has 2 N–H and O–H groups in total. The summed E-state index contributed by atoms with van der Waals surface area (Å²) in [5.74, 6) is 1.40. The Morgan fingerprint density at radius 2 is 1.84 bits per heavy atom. The van der Waals surface area contributed by atoms with Gasteiger partial charge in [0.25, 0.3) is 0 Å². The molecule has 1 aromatic carbocycles. The van der Waals surface area contributed by atoms with Crippen molar-refractivity contribution in [2.24, 2.45) is 5.92 Å². The Labute approximate surface area is 117 Å². The zero-order valence-corrected chi connectivity index (χ0v) is 12.0. The van der Waals surface area contributed by atoms with Crippen LogP contribution in [0, 0.1) is 5.92 Å². The molecule has 19 heavy (non-hydrogen) atoms. The van der Waals surface area contributed by atoms with E-state index < -0.39 is 0 Å². The van der Waals surface area contributed by atoms with E-state index in [9.17, 15) is 5.11 Å². The molecule has 2 nitrogen and oxygen atoms in total. The second-order valence-electron chi connectivity index (χ2n) is 5.98. The summed E-state index contributed by atoms with van der Waals surface area (Å²) < 4.78 is 0. The van der Waals surface area contributed by atoms with Crippen LogP contribution < -0.4 is 5.32 Å². The van der Waals surface area contributed by atoms with Gasteiger partial charge in [0, 0.05) is 0 Å². The van der Waals surface area contributed by atoms with Crippen molar-refractivity contribution in [3.05, 3.63) is 35.9 Å². The van der Waals surface area contributed by atoms with Crippen molar-refractivity contribution in [1.82, 2.24) is 5.32 Å². The molecule has 0 saturated heterocycles. The molecule has 0 aliphatic heterocycles. The van der Waals surface area contributed by atoms with Gasteiger partial charge in [0.1, 0.15) is 0 Å². The van der Waals surface area contributed by atoms with Gasteiger partial charge in [0.05, 0.1) is 6.10 Å². The molecule has 0 aromatic heterocycles. The maximum Gasteiger partial charge on any atom is 0.0540 e. The van der Waals surface area contributed by atoms with Gasteiger partial charge in [-0.1, -0.05) is 37.3 Å². The Kier molecular flexibility index (Phi) is 5.87. The van der Waals surface area contributed by atoms with Crippen LogP contribution in [0.3, 0.4) is 0 Å². The smallest absolute Gasteiger partial charge is 0.0540 e. The summed E-state index contributed by atoms with van der Waals surface area (Å²) in [6.07, 6.45) is 5.51. The molecule has 1 saturated carbocycles. The average molecular weight is 261 g/mol. The van der Waals surface area contributed by atoms with Crippen LogP contribution in [0.4, 0.5) is 0 Å². The lowest BCUT2D eigenvalue weighted by atomic mass is 9.87. The third-order valence-electron chi connectivity index (χ3n) is 4.37. The topological polar surface area (TPSA) is 32.3 Å². The van der Waals surface area contributed by atoms with Gasteiger partial charge >= 0.3 is 0 Å². The van der Waals surface area contributed by atoms with Crippen LogP contribution in [0.5, 0.6) is 0 Å².